The number of amides is 4. The maximum atomic E-state index is 12.9. The van der Waals surface area contributed by atoms with E-state index in [0.29, 0.717) is 26.3 Å². The second kappa shape index (κ2) is 11.9. The molecular weight excluding hydrogens is 619 g/mol. The number of imide groups is 1. The summed E-state index contributed by atoms with van der Waals surface area (Å²) in [4.78, 5) is 49.0. The van der Waals surface area contributed by atoms with Crippen LogP contribution in [0.2, 0.25) is 0 Å². The first kappa shape index (κ1) is 27.6. The number of hydrogen-bond acceptors (Lipinski definition) is 7. The van der Waals surface area contributed by atoms with E-state index in [4.69, 9.17) is 9.47 Å². The molecule has 3 aromatic rings. The molecule has 11 nitrogen and oxygen atoms in total. The molecule has 4 amide bonds. The Labute approximate surface area is 237 Å². The molecule has 1 aliphatic rings. The predicted octanol–water partition coefficient (Wildman–Crippen LogP) is 4.63. The van der Waals surface area contributed by atoms with Gasteiger partial charge < -0.3 is 20.1 Å². The van der Waals surface area contributed by atoms with Crippen LogP contribution in [0.5, 0.6) is 11.5 Å². The first-order valence-electron chi connectivity index (χ1n) is 11.6. The Kier molecular flexibility index (Phi) is 8.44. The van der Waals surface area contributed by atoms with Gasteiger partial charge in [0.1, 0.15) is 18.8 Å². The highest BCUT2D eigenvalue weighted by atomic mass is 127. The van der Waals surface area contributed by atoms with Crippen LogP contribution in [0.3, 0.4) is 0 Å². The van der Waals surface area contributed by atoms with Crippen LogP contribution in [-0.2, 0) is 16.2 Å². The van der Waals surface area contributed by atoms with Gasteiger partial charge in [-0.2, -0.15) is 0 Å². The number of aryl methyl sites for hydroxylation is 1. The number of methoxy groups -OCH3 is 1. The van der Waals surface area contributed by atoms with Crippen molar-refractivity contribution in [2.45, 2.75) is 13.5 Å². The van der Waals surface area contributed by atoms with Gasteiger partial charge in [0.05, 0.1) is 15.6 Å². The first-order valence-corrected chi connectivity index (χ1v) is 12.7. The molecule has 200 valence electrons. The largest absolute Gasteiger partial charge is 0.493 e. The summed E-state index contributed by atoms with van der Waals surface area (Å²) >= 11 is 2.06. The lowest BCUT2D eigenvalue weighted by molar-refractivity contribution is -0.384. The second-order valence-corrected chi connectivity index (χ2v) is 9.71. The van der Waals surface area contributed by atoms with E-state index in [1.54, 1.807) is 42.5 Å². The van der Waals surface area contributed by atoms with E-state index in [2.05, 4.69) is 33.2 Å². The molecule has 0 bridgehead atoms. The average Bonchev–Trinajstić information content (AvgIpc) is 3.15. The number of benzene rings is 3. The van der Waals surface area contributed by atoms with Crippen LogP contribution >= 0.6 is 22.6 Å². The molecule has 2 N–H and O–H groups in total. The van der Waals surface area contributed by atoms with Gasteiger partial charge in [0.15, 0.2) is 11.5 Å². The predicted molar refractivity (Wildman–Crippen MR) is 151 cm³/mol. The minimum atomic E-state index is -0.699. The molecule has 0 radical (unpaired) electrons. The third-order valence-corrected chi connectivity index (χ3v) is 6.46. The molecule has 1 heterocycles. The molecule has 39 heavy (non-hydrogen) atoms. The second-order valence-electron chi connectivity index (χ2n) is 8.54. The molecule has 12 heteroatoms. The molecule has 3 aromatic carbocycles. The molecule has 0 saturated carbocycles. The number of carbonyl (C=O) groups is 3. The number of nitrogens with one attached hydrogen (secondary N) is 2. The highest BCUT2D eigenvalue weighted by molar-refractivity contribution is 14.1. The van der Waals surface area contributed by atoms with Gasteiger partial charge in [0.2, 0.25) is 5.91 Å². The van der Waals surface area contributed by atoms with Crippen LogP contribution in [0.4, 0.5) is 16.2 Å². The molecule has 1 aliphatic heterocycles. The number of rotatable bonds is 9. The fourth-order valence-electron chi connectivity index (χ4n) is 3.78. The van der Waals surface area contributed by atoms with E-state index >= 15 is 0 Å². The molecule has 1 saturated heterocycles. The van der Waals surface area contributed by atoms with Crippen molar-refractivity contribution in [1.29, 1.82) is 0 Å². The topological polar surface area (TPSA) is 140 Å². The molecule has 0 unspecified atom stereocenters. The zero-order chi connectivity index (χ0) is 28.1. The molecule has 4 rings (SSSR count). The van der Waals surface area contributed by atoms with Gasteiger partial charge in [-0.15, -0.1) is 0 Å². The van der Waals surface area contributed by atoms with Crippen LogP contribution < -0.4 is 20.1 Å². The van der Waals surface area contributed by atoms with Gasteiger partial charge >= 0.3 is 6.03 Å². The summed E-state index contributed by atoms with van der Waals surface area (Å²) in [6.07, 6.45) is 1.49. The van der Waals surface area contributed by atoms with Crippen molar-refractivity contribution < 1.29 is 28.8 Å². The van der Waals surface area contributed by atoms with Crippen molar-refractivity contribution in [3.05, 3.63) is 96.7 Å². The average molecular weight is 642 g/mol. The number of urea groups is 1. The molecule has 0 spiro atoms. The maximum absolute atomic E-state index is 12.9. The van der Waals surface area contributed by atoms with Crippen molar-refractivity contribution >= 4 is 57.9 Å². The normalized spacial score (nSPS) is 13.8. The van der Waals surface area contributed by atoms with E-state index in [9.17, 15) is 24.5 Å². The number of non-ortho nitro benzene ring substituents is 1. The van der Waals surface area contributed by atoms with Gasteiger partial charge in [-0.1, -0.05) is 12.1 Å². The zero-order valence-corrected chi connectivity index (χ0v) is 23.1. The van der Waals surface area contributed by atoms with E-state index in [1.807, 2.05) is 13.0 Å². The summed E-state index contributed by atoms with van der Waals surface area (Å²) in [5.74, 6) is -0.292. The summed E-state index contributed by atoms with van der Waals surface area (Å²) in [5, 5.41) is 16.0. The Bertz CT molecular complexity index is 1490. The molecule has 1 fully saturated rings. The molecular formula is C27H23IN4O7. The van der Waals surface area contributed by atoms with Gasteiger partial charge in [-0.05, 0) is 88.7 Å². The zero-order valence-electron chi connectivity index (χ0n) is 20.9. The summed E-state index contributed by atoms with van der Waals surface area (Å²) in [6.45, 7) is 1.60. The van der Waals surface area contributed by atoms with Gasteiger partial charge in [-0.3, -0.25) is 19.7 Å². The summed E-state index contributed by atoms with van der Waals surface area (Å²) < 4.78 is 12.1. The number of halogens is 1. The number of hydrogen-bond donors (Lipinski definition) is 2. The maximum Gasteiger partial charge on any atom is 0.329 e. The number of carbonyl (C=O) groups excluding carboxylic acids is 3. The Hall–Kier alpha value is -4.46. The third kappa shape index (κ3) is 6.71. The van der Waals surface area contributed by atoms with Gasteiger partial charge in [0, 0.05) is 17.8 Å². The number of nitro benzene ring substituents is 1. The van der Waals surface area contributed by atoms with E-state index < -0.39 is 29.3 Å². The van der Waals surface area contributed by atoms with E-state index in [0.717, 1.165) is 16.0 Å². The molecule has 0 aliphatic carbocycles. The number of nitro groups is 1. The SMILES string of the molecule is COc1cc(/C=C2/NC(=O)N(CC(=O)Nc3cccc(C)c3)C2=O)cc(I)c1OCc1ccc([N+](=O)[O-])cc1. The van der Waals surface area contributed by atoms with Crippen molar-refractivity contribution in [2.75, 3.05) is 19.0 Å². The Morgan fingerprint density at radius 3 is 2.56 bits per heavy atom. The summed E-state index contributed by atoms with van der Waals surface area (Å²) in [6, 6.07) is 15.9. The lowest BCUT2D eigenvalue weighted by Gasteiger charge is -2.14. The monoisotopic (exact) mass is 642 g/mol. The van der Waals surface area contributed by atoms with E-state index in [1.165, 1.54) is 25.3 Å². The Morgan fingerprint density at radius 1 is 1.15 bits per heavy atom. The van der Waals surface area contributed by atoms with Crippen molar-refractivity contribution in [3.8, 4) is 11.5 Å². The standard InChI is InChI=1S/C27H23IN4O7/c1-16-4-3-5-19(10-16)29-24(33)14-31-26(34)22(30-27(31)35)12-18-11-21(28)25(23(13-18)38-2)39-15-17-6-8-20(9-7-17)32(36)37/h3-13H,14-15H2,1-2H3,(H,29,33)(H,30,35)/b22-12+. The molecule has 0 aromatic heterocycles. The quantitative estimate of drug-likeness (QED) is 0.114. The summed E-state index contributed by atoms with van der Waals surface area (Å²) in [5.41, 5.74) is 2.83. The van der Waals surface area contributed by atoms with Crippen molar-refractivity contribution in [1.82, 2.24) is 10.2 Å². The van der Waals surface area contributed by atoms with E-state index in [-0.39, 0.29) is 18.0 Å². The minimum absolute atomic E-state index is 0.0117. The Morgan fingerprint density at radius 2 is 1.90 bits per heavy atom. The molecule has 0 atom stereocenters. The van der Waals surface area contributed by atoms with Crippen LogP contribution in [0, 0.1) is 20.6 Å². The van der Waals surface area contributed by atoms with Crippen LogP contribution in [0.15, 0.2) is 66.4 Å². The highest BCUT2D eigenvalue weighted by Crippen LogP contribution is 2.35. The lowest BCUT2D eigenvalue weighted by Crippen LogP contribution is -2.38. The smallest absolute Gasteiger partial charge is 0.329 e. The summed E-state index contributed by atoms with van der Waals surface area (Å²) in [7, 11) is 1.47. The van der Waals surface area contributed by atoms with Gasteiger partial charge in [0.25, 0.3) is 11.6 Å². The third-order valence-electron chi connectivity index (χ3n) is 5.66. The van der Waals surface area contributed by atoms with Crippen molar-refractivity contribution in [3.63, 3.8) is 0 Å². The first-order chi connectivity index (χ1) is 18.6. The van der Waals surface area contributed by atoms with Crippen LogP contribution in [0.1, 0.15) is 16.7 Å². The Balaban J connectivity index is 1.45. The number of anilines is 1. The minimum Gasteiger partial charge on any atom is -0.493 e. The fourth-order valence-corrected chi connectivity index (χ4v) is 4.56. The lowest BCUT2D eigenvalue weighted by atomic mass is 10.1. The van der Waals surface area contributed by atoms with Crippen molar-refractivity contribution in [2.24, 2.45) is 0 Å². The highest BCUT2D eigenvalue weighted by Gasteiger charge is 2.35. The van der Waals surface area contributed by atoms with Crippen LogP contribution in [-0.4, -0.2) is 41.3 Å². The fraction of sp³-hybridized carbons (Fsp3) is 0.148. The number of nitrogens with zero attached hydrogens (tertiary/aromatic N) is 2. The van der Waals surface area contributed by atoms with Crippen LogP contribution in [0.25, 0.3) is 6.08 Å². The van der Waals surface area contributed by atoms with Gasteiger partial charge in [-0.25, -0.2) is 9.69 Å². The number of ether oxygens (including phenoxy) is 2.